The zero-order valence-electron chi connectivity index (χ0n) is 13.1. The second kappa shape index (κ2) is 7.61. The van der Waals surface area contributed by atoms with Crippen LogP contribution in [0.4, 0.5) is 0 Å². The van der Waals surface area contributed by atoms with Crippen LogP contribution in [-0.4, -0.2) is 61.3 Å². The minimum atomic E-state index is 0.750. The molecular formula is C16H32N2O. The monoisotopic (exact) mass is 268 g/mol. The number of rotatable bonds is 7. The molecule has 0 amide bonds. The Kier molecular flexibility index (Phi) is 6.11. The summed E-state index contributed by atoms with van der Waals surface area (Å²) in [6.07, 6.45) is 5.14. The van der Waals surface area contributed by atoms with Gasteiger partial charge < -0.3 is 4.74 Å². The summed E-state index contributed by atoms with van der Waals surface area (Å²) in [6, 6.07) is 1.59. The minimum absolute atomic E-state index is 0.750. The molecule has 0 radical (unpaired) electrons. The van der Waals surface area contributed by atoms with E-state index in [4.69, 9.17) is 4.74 Å². The average molecular weight is 268 g/mol. The molecule has 0 spiro atoms. The zero-order chi connectivity index (χ0) is 13.7. The fraction of sp³-hybridized carbons (Fsp3) is 1.00. The molecule has 2 unspecified atom stereocenters. The van der Waals surface area contributed by atoms with Gasteiger partial charge in [0.2, 0.25) is 0 Å². The molecule has 2 aliphatic rings. The maximum Gasteiger partial charge on any atom is 0.0478 e. The van der Waals surface area contributed by atoms with E-state index in [9.17, 15) is 0 Å². The SMILES string of the molecule is CCCOCCCN1CC2CCCN2CC1C(C)C. The van der Waals surface area contributed by atoms with Gasteiger partial charge in [-0.3, -0.25) is 9.80 Å². The quantitative estimate of drug-likeness (QED) is 0.660. The first-order chi connectivity index (χ1) is 9.22. The van der Waals surface area contributed by atoms with Crippen LogP contribution in [0, 0.1) is 5.92 Å². The Morgan fingerprint density at radius 3 is 2.79 bits per heavy atom. The van der Waals surface area contributed by atoms with Crippen LogP contribution in [0.15, 0.2) is 0 Å². The van der Waals surface area contributed by atoms with Gasteiger partial charge in [-0.25, -0.2) is 0 Å². The molecule has 3 heteroatoms. The largest absolute Gasteiger partial charge is 0.381 e. The van der Waals surface area contributed by atoms with Gasteiger partial charge >= 0.3 is 0 Å². The maximum absolute atomic E-state index is 5.62. The van der Waals surface area contributed by atoms with E-state index < -0.39 is 0 Å². The van der Waals surface area contributed by atoms with E-state index in [2.05, 4.69) is 30.6 Å². The minimum Gasteiger partial charge on any atom is -0.381 e. The third-order valence-electron chi connectivity index (χ3n) is 4.69. The van der Waals surface area contributed by atoms with E-state index in [0.717, 1.165) is 37.6 Å². The van der Waals surface area contributed by atoms with Gasteiger partial charge in [0, 0.05) is 44.9 Å². The van der Waals surface area contributed by atoms with Crippen molar-refractivity contribution in [1.29, 1.82) is 0 Å². The van der Waals surface area contributed by atoms with Gasteiger partial charge in [-0.15, -0.1) is 0 Å². The van der Waals surface area contributed by atoms with Crippen LogP contribution in [0.3, 0.4) is 0 Å². The highest BCUT2D eigenvalue weighted by Crippen LogP contribution is 2.27. The smallest absolute Gasteiger partial charge is 0.0478 e. The first-order valence-electron chi connectivity index (χ1n) is 8.28. The van der Waals surface area contributed by atoms with Crippen LogP contribution in [0.5, 0.6) is 0 Å². The number of piperazine rings is 1. The third kappa shape index (κ3) is 4.17. The van der Waals surface area contributed by atoms with Crippen LogP contribution in [0.2, 0.25) is 0 Å². The molecule has 0 N–H and O–H groups in total. The number of hydrogen-bond donors (Lipinski definition) is 0. The molecule has 112 valence electrons. The fourth-order valence-corrected chi connectivity index (χ4v) is 3.61. The molecule has 2 rings (SSSR count). The van der Waals surface area contributed by atoms with E-state index in [0.29, 0.717) is 0 Å². The Hall–Kier alpha value is -0.120. The van der Waals surface area contributed by atoms with Crippen molar-refractivity contribution in [3.8, 4) is 0 Å². The second-order valence-electron chi connectivity index (χ2n) is 6.56. The van der Waals surface area contributed by atoms with Gasteiger partial charge in [0.25, 0.3) is 0 Å². The Morgan fingerprint density at radius 2 is 2.05 bits per heavy atom. The highest BCUT2D eigenvalue weighted by molar-refractivity contribution is 4.93. The highest BCUT2D eigenvalue weighted by Gasteiger charge is 2.36. The lowest BCUT2D eigenvalue weighted by Gasteiger charge is -2.45. The predicted octanol–water partition coefficient (Wildman–Crippen LogP) is 2.61. The van der Waals surface area contributed by atoms with Crippen molar-refractivity contribution in [2.45, 2.75) is 58.5 Å². The molecule has 2 atom stereocenters. The van der Waals surface area contributed by atoms with Crippen molar-refractivity contribution in [2.24, 2.45) is 5.92 Å². The van der Waals surface area contributed by atoms with E-state index >= 15 is 0 Å². The van der Waals surface area contributed by atoms with Crippen molar-refractivity contribution in [3.05, 3.63) is 0 Å². The number of ether oxygens (including phenoxy) is 1. The summed E-state index contributed by atoms with van der Waals surface area (Å²) in [5, 5.41) is 0. The molecule has 3 nitrogen and oxygen atoms in total. The first-order valence-corrected chi connectivity index (χ1v) is 8.28. The lowest BCUT2D eigenvalue weighted by Crippen LogP contribution is -2.57. The van der Waals surface area contributed by atoms with E-state index in [1.807, 2.05) is 0 Å². The van der Waals surface area contributed by atoms with Gasteiger partial charge in [0.1, 0.15) is 0 Å². The molecular weight excluding hydrogens is 236 g/mol. The molecule has 0 aromatic heterocycles. The summed E-state index contributed by atoms with van der Waals surface area (Å²) < 4.78 is 5.62. The lowest BCUT2D eigenvalue weighted by atomic mass is 9.97. The molecule has 0 aromatic rings. The van der Waals surface area contributed by atoms with Crippen LogP contribution in [-0.2, 0) is 4.74 Å². The molecule has 19 heavy (non-hydrogen) atoms. The summed E-state index contributed by atoms with van der Waals surface area (Å²) in [4.78, 5) is 5.47. The third-order valence-corrected chi connectivity index (χ3v) is 4.69. The Morgan fingerprint density at radius 1 is 1.21 bits per heavy atom. The van der Waals surface area contributed by atoms with Crippen molar-refractivity contribution in [1.82, 2.24) is 9.80 Å². The summed E-state index contributed by atoms with van der Waals surface area (Å²) in [6.45, 7) is 13.9. The second-order valence-corrected chi connectivity index (χ2v) is 6.56. The first kappa shape index (κ1) is 15.3. The number of nitrogens with zero attached hydrogens (tertiary/aromatic N) is 2. The van der Waals surface area contributed by atoms with Gasteiger partial charge in [-0.05, 0) is 38.1 Å². The van der Waals surface area contributed by atoms with Crippen LogP contribution in [0.1, 0.15) is 46.5 Å². The maximum atomic E-state index is 5.62. The van der Waals surface area contributed by atoms with Gasteiger partial charge in [0.05, 0.1) is 0 Å². The predicted molar refractivity (Wildman–Crippen MR) is 80.5 cm³/mol. The Balaban J connectivity index is 1.78. The van der Waals surface area contributed by atoms with Crippen LogP contribution in [0.25, 0.3) is 0 Å². The molecule has 0 bridgehead atoms. The molecule has 0 aromatic carbocycles. The average Bonchev–Trinajstić information content (AvgIpc) is 2.84. The Bertz CT molecular complexity index is 257. The van der Waals surface area contributed by atoms with Gasteiger partial charge in [-0.1, -0.05) is 20.8 Å². The molecule has 0 aliphatic carbocycles. The van der Waals surface area contributed by atoms with Crippen LogP contribution >= 0.6 is 0 Å². The molecule has 2 heterocycles. The molecule has 2 fully saturated rings. The van der Waals surface area contributed by atoms with Crippen LogP contribution < -0.4 is 0 Å². The van der Waals surface area contributed by atoms with Crippen molar-refractivity contribution >= 4 is 0 Å². The summed E-state index contributed by atoms with van der Waals surface area (Å²) in [5.74, 6) is 0.762. The van der Waals surface area contributed by atoms with Crippen molar-refractivity contribution in [2.75, 3.05) is 39.4 Å². The van der Waals surface area contributed by atoms with E-state index in [1.54, 1.807) is 0 Å². The van der Waals surface area contributed by atoms with E-state index in [-0.39, 0.29) is 0 Å². The summed E-state index contributed by atoms with van der Waals surface area (Å²) >= 11 is 0. The molecule has 0 saturated carbocycles. The Labute approximate surface area is 119 Å². The number of hydrogen-bond acceptors (Lipinski definition) is 3. The van der Waals surface area contributed by atoms with Crippen molar-refractivity contribution in [3.63, 3.8) is 0 Å². The lowest BCUT2D eigenvalue weighted by molar-refractivity contribution is 0.0218. The van der Waals surface area contributed by atoms with Crippen molar-refractivity contribution < 1.29 is 4.74 Å². The zero-order valence-corrected chi connectivity index (χ0v) is 13.1. The standard InChI is InChI=1S/C16H32N2O/c1-4-10-19-11-6-9-18-12-15-7-5-8-17(15)13-16(18)14(2)3/h14-16H,4-13H2,1-3H3. The van der Waals surface area contributed by atoms with Gasteiger partial charge in [0.15, 0.2) is 0 Å². The summed E-state index contributed by atoms with van der Waals surface area (Å²) in [5.41, 5.74) is 0. The summed E-state index contributed by atoms with van der Waals surface area (Å²) in [7, 11) is 0. The fourth-order valence-electron chi connectivity index (χ4n) is 3.61. The number of fused-ring (bicyclic) bond motifs is 1. The molecule has 2 saturated heterocycles. The topological polar surface area (TPSA) is 15.7 Å². The molecule has 2 aliphatic heterocycles. The van der Waals surface area contributed by atoms with Gasteiger partial charge in [-0.2, -0.15) is 0 Å². The van der Waals surface area contributed by atoms with E-state index in [1.165, 1.54) is 45.4 Å². The normalized spacial score (nSPS) is 29.1. The highest BCUT2D eigenvalue weighted by atomic mass is 16.5.